The van der Waals surface area contributed by atoms with Crippen LogP contribution in [0.2, 0.25) is 0 Å². The van der Waals surface area contributed by atoms with Crippen molar-refractivity contribution in [1.29, 1.82) is 0 Å². The summed E-state index contributed by atoms with van der Waals surface area (Å²) in [5, 5.41) is 3.38. The van der Waals surface area contributed by atoms with Crippen LogP contribution in [0.15, 0.2) is 65.1 Å². The summed E-state index contributed by atoms with van der Waals surface area (Å²) in [6, 6.07) is 12.6. The fourth-order valence-electron chi connectivity index (χ4n) is 6.58. The number of pyridine rings is 1. The molecule has 2 aromatic heterocycles. The number of fused-ring (bicyclic) bond motifs is 3. The highest BCUT2D eigenvalue weighted by Crippen LogP contribution is 2.41. The van der Waals surface area contributed by atoms with Crippen molar-refractivity contribution in [3.8, 4) is 22.8 Å². The van der Waals surface area contributed by atoms with Gasteiger partial charge in [-0.1, -0.05) is 43.2 Å². The number of allylic oxidation sites excluding steroid dienone is 2. The maximum atomic E-state index is 14.9. The second kappa shape index (κ2) is 14.5. The highest BCUT2D eigenvalue weighted by Gasteiger charge is 2.41. The number of nitrogens with one attached hydrogen (secondary N) is 1. The van der Waals surface area contributed by atoms with Gasteiger partial charge in [-0.15, -0.1) is 0 Å². The zero-order valence-corrected chi connectivity index (χ0v) is 27.2. The number of hydrogen-bond acceptors (Lipinski definition) is 7. The molecule has 6 rings (SSSR count). The van der Waals surface area contributed by atoms with E-state index in [0.29, 0.717) is 63.6 Å². The summed E-state index contributed by atoms with van der Waals surface area (Å²) in [6.07, 6.45) is 9.72. The molecule has 48 heavy (non-hydrogen) atoms. The minimum atomic E-state index is -0.798. The predicted octanol–water partition coefficient (Wildman–Crippen LogP) is 5.91. The Balaban J connectivity index is 1.11. The predicted molar refractivity (Wildman–Crippen MR) is 180 cm³/mol. The van der Waals surface area contributed by atoms with E-state index >= 15 is 0 Å². The molecule has 4 atom stereocenters. The number of para-hydroxylation sites is 1. The molecule has 11 heteroatoms. The van der Waals surface area contributed by atoms with Gasteiger partial charge < -0.3 is 29.8 Å². The van der Waals surface area contributed by atoms with Crippen LogP contribution in [0.3, 0.4) is 0 Å². The molecule has 0 bridgehead atoms. The van der Waals surface area contributed by atoms with Gasteiger partial charge >= 0.3 is 0 Å². The average molecular weight is 657 g/mol. The van der Waals surface area contributed by atoms with Gasteiger partial charge in [0.2, 0.25) is 17.7 Å². The number of furan rings is 1. The van der Waals surface area contributed by atoms with Gasteiger partial charge in [-0.3, -0.25) is 14.4 Å². The fourth-order valence-corrected chi connectivity index (χ4v) is 6.58. The second-order valence-corrected chi connectivity index (χ2v) is 12.5. The SMILES string of the molecule is CNC(=O)C1C[C@H]1/C=C\CCCCCCC(=O)N1C[C@H](Oc2cc(-c3ccccc3F)nc3c2oc2c(OC)cccc23)C[C@H]1C(N)=O. The Morgan fingerprint density at radius 1 is 1.06 bits per heavy atom. The lowest BCUT2D eigenvalue weighted by Crippen LogP contribution is -2.43. The van der Waals surface area contributed by atoms with E-state index < -0.39 is 23.9 Å². The number of halogens is 1. The monoisotopic (exact) mass is 656 g/mol. The van der Waals surface area contributed by atoms with Crippen molar-refractivity contribution in [1.82, 2.24) is 15.2 Å². The van der Waals surface area contributed by atoms with Gasteiger partial charge in [-0.25, -0.2) is 9.37 Å². The summed E-state index contributed by atoms with van der Waals surface area (Å²) < 4.78 is 33.1. The number of benzene rings is 2. The number of nitrogens with zero attached hydrogens (tertiary/aromatic N) is 2. The first-order valence-corrected chi connectivity index (χ1v) is 16.6. The third-order valence-corrected chi connectivity index (χ3v) is 9.27. The molecule has 3 heterocycles. The average Bonchev–Trinajstić information content (AvgIpc) is 3.56. The summed E-state index contributed by atoms with van der Waals surface area (Å²) in [7, 11) is 3.21. The molecule has 1 aliphatic heterocycles. The molecule has 2 fully saturated rings. The summed E-state index contributed by atoms with van der Waals surface area (Å²) in [4.78, 5) is 43.7. The third kappa shape index (κ3) is 7.00. The number of unbranched alkanes of at least 4 members (excludes halogenated alkanes) is 4. The van der Waals surface area contributed by atoms with Crippen molar-refractivity contribution in [2.75, 3.05) is 20.7 Å². The number of carbonyl (C=O) groups is 3. The maximum Gasteiger partial charge on any atom is 0.240 e. The van der Waals surface area contributed by atoms with E-state index in [1.165, 1.54) is 11.0 Å². The van der Waals surface area contributed by atoms with E-state index in [1.54, 1.807) is 44.5 Å². The highest BCUT2D eigenvalue weighted by molar-refractivity contribution is 6.07. The Morgan fingerprint density at radius 3 is 2.65 bits per heavy atom. The van der Waals surface area contributed by atoms with Gasteiger partial charge in [-0.05, 0) is 55.9 Å². The lowest BCUT2D eigenvalue weighted by atomic mass is 10.1. The number of aromatic nitrogens is 1. The van der Waals surface area contributed by atoms with Gasteiger partial charge in [0.05, 0.1) is 24.7 Å². The molecule has 1 saturated carbocycles. The van der Waals surface area contributed by atoms with Crippen LogP contribution in [0.4, 0.5) is 4.39 Å². The number of hydrogen-bond donors (Lipinski definition) is 2. The van der Waals surface area contributed by atoms with Crippen molar-refractivity contribution in [2.45, 2.75) is 63.5 Å². The van der Waals surface area contributed by atoms with Crippen molar-refractivity contribution < 1.29 is 32.7 Å². The van der Waals surface area contributed by atoms with E-state index in [1.807, 2.05) is 12.1 Å². The fraction of sp³-hybridized carbons (Fsp3) is 0.405. The van der Waals surface area contributed by atoms with Crippen LogP contribution in [0.25, 0.3) is 33.3 Å². The van der Waals surface area contributed by atoms with E-state index in [-0.39, 0.29) is 30.7 Å². The molecule has 4 aromatic rings. The molecule has 1 unspecified atom stereocenters. The Kier molecular flexibility index (Phi) is 9.93. The molecule has 252 valence electrons. The van der Waals surface area contributed by atoms with Crippen LogP contribution < -0.4 is 20.5 Å². The molecule has 3 amide bonds. The number of rotatable bonds is 14. The van der Waals surface area contributed by atoms with Gasteiger partial charge in [0, 0.05) is 37.4 Å². The molecular formula is C37H41FN4O6. The highest BCUT2D eigenvalue weighted by atomic mass is 19.1. The summed E-state index contributed by atoms with van der Waals surface area (Å²) in [5.41, 5.74) is 7.72. The normalized spacial score (nSPS) is 20.4. The molecule has 1 saturated heterocycles. The van der Waals surface area contributed by atoms with E-state index in [2.05, 4.69) is 17.5 Å². The second-order valence-electron chi connectivity index (χ2n) is 12.5. The Labute approximate surface area is 278 Å². The summed E-state index contributed by atoms with van der Waals surface area (Å²) in [6.45, 7) is 0.178. The molecular weight excluding hydrogens is 615 g/mol. The van der Waals surface area contributed by atoms with Crippen molar-refractivity contribution in [3.63, 3.8) is 0 Å². The van der Waals surface area contributed by atoms with Gasteiger partial charge in [-0.2, -0.15) is 0 Å². The number of nitrogens with two attached hydrogens (primary N) is 1. The number of likely N-dealkylation sites (tertiary alicyclic amines) is 1. The van der Waals surface area contributed by atoms with E-state index in [9.17, 15) is 18.8 Å². The zero-order chi connectivity index (χ0) is 33.8. The number of amides is 3. The number of methoxy groups -OCH3 is 1. The number of carbonyl (C=O) groups excluding carboxylic acids is 3. The van der Waals surface area contributed by atoms with Crippen LogP contribution in [0.1, 0.15) is 51.4 Å². The molecule has 3 N–H and O–H groups in total. The molecule has 0 radical (unpaired) electrons. The standard InChI is InChI=1S/C37H41FN4O6/c1-40-37(45)26-18-22(26)12-7-5-3-4-6-8-17-32(43)42-21-23(19-29(42)36(39)44)47-31-20-28(24-13-9-10-15-27(24)38)41-33-25-14-11-16-30(46-2)34(25)48-35(31)33/h7,9-16,20,22-23,26,29H,3-6,8,17-19,21H2,1-2H3,(H2,39,44)(H,40,45)/b12-7-/t22-,23-,26?,29+/m1/s1. The Bertz CT molecular complexity index is 1850. The van der Waals surface area contributed by atoms with Crippen molar-refractivity contribution >= 4 is 39.8 Å². The first-order valence-electron chi connectivity index (χ1n) is 16.6. The number of ether oxygens (including phenoxy) is 2. The lowest BCUT2D eigenvalue weighted by molar-refractivity contribution is -0.137. The molecule has 10 nitrogen and oxygen atoms in total. The van der Waals surface area contributed by atoms with Crippen molar-refractivity contribution in [2.24, 2.45) is 17.6 Å². The minimum Gasteiger partial charge on any atom is -0.493 e. The van der Waals surface area contributed by atoms with Crippen LogP contribution in [-0.4, -0.2) is 60.5 Å². The van der Waals surface area contributed by atoms with Gasteiger partial charge in [0.25, 0.3) is 0 Å². The summed E-state index contributed by atoms with van der Waals surface area (Å²) >= 11 is 0. The lowest BCUT2D eigenvalue weighted by Gasteiger charge is -2.22. The van der Waals surface area contributed by atoms with E-state index in [0.717, 1.165) is 32.1 Å². The Hall–Kier alpha value is -4.93. The molecule has 1 aliphatic carbocycles. The topological polar surface area (TPSA) is 137 Å². The largest absolute Gasteiger partial charge is 0.493 e. The first kappa shape index (κ1) is 33.0. The van der Waals surface area contributed by atoms with Crippen LogP contribution in [-0.2, 0) is 14.4 Å². The number of primary amides is 1. The van der Waals surface area contributed by atoms with Gasteiger partial charge in [0.1, 0.15) is 23.5 Å². The quantitative estimate of drug-likeness (QED) is 0.127. The molecule has 2 aromatic carbocycles. The first-order chi connectivity index (χ1) is 23.3. The minimum absolute atomic E-state index is 0.111. The van der Waals surface area contributed by atoms with Crippen molar-refractivity contribution in [3.05, 3.63) is 66.5 Å². The Morgan fingerprint density at radius 2 is 1.88 bits per heavy atom. The van der Waals surface area contributed by atoms with Crippen LogP contribution in [0, 0.1) is 17.7 Å². The molecule has 0 spiro atoms. The van der Waals surface area contributed by atoms with Crippen LogP contribution >= 0.6 is 0 Å². The van der Waals surface area contributed by atoms with E-state index in [4.69, 9.17) is 24.6 Å². The summed E-state index contributed by atoms with van der Waals surface area (Å²) in [5.74, 6) is 0.260. The smallest absolute Gasteiger partial charge is 0.240 e. The zero-order valence-electron chi connectivity index (χ0n) is 27.2. The van der Waals surface area contributed by atoms with Crippen LogP contribution in [0.5, 0.6) is 11.5 Å². The molecule has 2 aliphatic rings. The van der Waals surface area contributed by atoms with Gasteiger partial charge in [0.15, 0.2) is 22.7 Å². The maximum absolute atomic E-state index is 14.9. The third-order valence-electron chi connectivity index (χ3n) is 9.27.